The Balaban J connectivity index is 1.81. The van der Waals surface area contributed by atoms with Gasteiger partial charge in [-0.25, -0.2) is 19.3 Å². The van der Waals surface area contributed by atoms with Crippen molar-refractivity contribution >= 4 is 28.3 Å². The fraction of sp³-hybridized carbons (Fsp3) is 0.0400. The van der Waals surface area contributed by atoms with Crippen LogP contribution < -0.4 is 4.90 Å². The van der Waals surface area contributed by atoms with Crippen LogP contribution in [0.15, 0.2) is 89.8 Å². The van der Waals surface area contributed by atoms with Gasteiger partial charge < -0.3 is 4.52 Å². The van der Waals surface area contributed by atoms with Gasteiger partial charge in [-0.05, 0) is 29.0 Å². The number of halogens is 1. The molecular weight excluding hydrogens is 407 g/mol. The molecule has 0 aliphatic heterocycles. The predicted molar refractivity (Wildman–Crippen MR) is 120 cm³/mol. The average Bonchev–Trinajstić information content (AvgIpc) is 3.25. The van der Waals surface area contributed by atoms with Gasteiger partial charge in [-0.1, -0.05) is 59.8 Å². The van der Waals surface area contributed by atoms with E-state index in [-0.39, 0.29) is 11.6 Å². The second-order valence-electron chi connectivity index (χ2n) is 7.14. The smallest absolute Gasteiger partial charge is 0.248 e. The van der Waals surface area contributed by atoms with Gasteiger partial charge in [0, 0.05) is 18.7 Å². The minimum Gasteiger partial charge on any atom is -0.336 e. The molecule has 2 heterocycles. The Hall–Kier alpha value is -4.39. The molecule has 1 amide bonds. The summed E-state index contributed by atoms with van der Waals surface area (Å²) >= 11 is 0. The number of nitrogens with zero attached hydrogens (tertiary/aromatic N) is 4. The second kappa shape index (κ2) is 8.03. The van der Waals surface area contributed by atoms with E-state index in [1.165, 1.54) is 30.3 Å². The topological polar surface area (TPSA) is 72.1 Å². The molecule has 0 saturated carbocycles. The maximum Gasteiger partial charge on any atom is 0.248 e. The highest BCUT2D eigenvalue weighted by atomic mass is 19.1. The molecule has 0 spiro atoms. The van der Waals surface area contributed by atoms with Gasteiger partial charge in [0.2, 0.25) is 11.8 Å². The van der Waals surface area contributed by atoms with E-state index in [0.29, 0.717) is 17.0 Å². The molecule has 0 aliphatic carbocycles. The summed E-state index contributed by atoms with van der Waals surface area (Å²) in [5.74, 6) is -0.894. The molecule has 0 saturated heterocycles. The number of aromatic nitrogens is 3. The van der Waals surface area contributed by atoms with Crippen LogP contribution in [-0.4, -0.2) is 21.0 Å². The lowest BCUT2D eigenvalue weighted by molar-refractivity contribution is -0.116. The summed E-state index contributed by atoms with van der Waals surface area (Å²) < 4.78 is 20.4. The zero-order valence-corrected chi connectivity index (χ0v) is 17.1. The molecule has 3 aromatic carbocycles. The lowest BCUT2D eigenvalue weighted by Crippen LogP contribution is -2.24. The van der Waals surface area contributed by atoms with E-state index in [2.05, 4.69) is 15.1 Å². The summed E-state index contributed by atoms with van der Waals surface area (Å²) in [6, 6.07) is 21.5. The molecule has 5 rings (SSSR count). The van der Waals surface area contributed by atoms with Gasteiger partial charge in [0.15, 0.2) is 0 Å². The van der Waals surface area contributed by atoms with Gasteiger partial charge >= 0.3 is 0 Å². The standard InChI is InChI=1S/C25H17FN4O2/c1-16(31)30(22-12-5-4-11-20(22)26)25-23(21-13-14-27-15-28-21)24(29-32-25)19-10-6-8-17-7-2-3-9-18(17)19/h2-15H,1H3. The highest BCUT2D eigenvalue weighted by molar-refractivity contribution is 6.05. The molecule has 6 nitrogen and oxygen atoms in total. The van der Waals surface area contributed by atoms with Crippen molar-refractivity contribution in [3.8, 4) is 22.5 Å². The van der Waals surface area contributed by atoms with Crippen molar-refractivity contribution in [1.29, 1.82) is 0 Å². The van der Waals surface area contributed by atoms with Crippen LogP contribution >= 0.6 is 0 Å². The molecule has 0 unspecified atom stereocenters. The van der Waals surface area contributed by atoms with Gasteiger partial charge in [-0.15, -0.1) is 0 Å². The molecule has 0 aliphatic rings. The predicted octanol–water partition coefficient (Wildman–Crippen LogP) is 5.78. The first-order chi connectivity index (χ1) is 15.6. The molecule has 0 bridgehead atoms. The Morgan fingerprint density at radius 3 is 2.53 bits per heavy atom. The molecule has 0 radical (unpaired) electrons. The van der Waals surface area contributed by atoms with Crippen molar-refractivity contribution < 1.29 is 13.7 Å². The third-order valence-corrected chi connectivity index (χ3v) is 5.17. The van der Waals surface area contributed by atoms with E-state index in [1.54, 1.807) is 24.4 Å². The van der Waals surface area contributed by atoms with E-state index >= 15 is 0 Å². The van der Waals surface area contributed by atoms with Crippen LogP contribution in [0.3, 0.4) is 0 Å². The van der Waals surface area contributed by atoms with E-state index < -0.39 is 11.7 Å². The fourth-order valence-corrected chi connectivity index (χ4v) is 3.77. The van der Waals surface area contributed by atoms with Gasteiger partial charge in [0.25, 0.3) is 0 Å². The summed E-state index contributed by atoms with van der Waals surface area (Å²) in [6.45, 7) is 1.34. The first kappa shape index (κ1) is 19.6. The molecule has 5 aromatic rings. The van der Waals surface area contributed by atoms with Crippen molar-refractivity contribution in [3.63, 3.8) is 0 Å². The van der Waals surface area contributed by atoms with Crippen molar-refractivity contribution in [1.82, 2.24) is 15.1 Å². The number of anilines is 2. The number of fused-ring (bicyclic) bond motifs is 1. The van der Waals surface area contributed by atoms with Gasteiger partial charge in [0.05, 0.1) is 16.9 Å². The number of para-hydroxylation sites is 1. The highest BCUT2D eigenvalue weighted by Crippen LogP contribution is 2.43. The van der Waals surface area contributed by atoms with Gasteiger partial charge in [0.1, 0.15) is 17.8 Å². The number of carbonyl (C=O) groups is 1. The van der Waals surface area contributed by atoms with Crippen molar-refractivity contribution in [2.24, 2.45) is 0 Å². The monoisotopic (exact) mass is 424 g/mol. The number of carbonyl (C=O) groups excluding carboxylic acids is 1. The van der Waals surface area contributed by atoms with Crippen molar-refractivity contribution in [2.45, 2.75) is 6.92 Å². The van der Waals surface area contributed by atoms with Crippen LogP contribution in [0.1, 0.15) is 6.92 Å². The average molecular weight is 424 g/mol. The van der Waals surface area contributed by atoms with Crippen LogP contribution in [0.25, 0.3) is 33.3 Å². The maximum atomic E-state index is 14.7. The van der Waals surface area contributed by atoms with Crippen LogP contribution in [0.4, 0.5) is 16.0 Å². The van der Waals surface area contributed by atoms with Crippen LogP contribution in [-0.2, 0) is 4.79 Å². The number of hydrogen-bond donors (Lipinski definition) is 0. The fourth-order valence-electron chi connectivity index (χ4n) is 3.77. The molecule has 0 atom stereocenters. The van der Waals surface area contributed by atoms with Crippen LogP contribution in [0.5, 0.6) is 0 Å². The van der Waals surface area contributed by atoms with Gasteiger partial charge in [-0.3, -0.25) is 4.79 Å². The van der Waals surface area contributed by atoms with E-state index in [1.807, 2.05) is 42.5 Å². The molecule has 2 aromatic heterocycles. The van der Waals surface area contributed by atoms with E-state index in [4.69, 9.17) is 4.52 Å². The SMILES string of the molecule is CC(=O)N(c1ccccc1F)c1onc(-c2cccc3ccccc23)c1-c1ccncn1. The Kier molecular flexibility index (Phi) is 4.91. The Morgan fingerprint density at radius 2 is 1.75 bits per heavy atom. The first-order valence-electron chi connectivity index (χ1n) is 9.94. The number of benzene rings is 3. The lowest BCUT2D eigenvalue weighted by atomic mass is 9.98. The lowest BCUT2D eigenvalue weighted by Gasteiger charge is -2.19. The normalized spacial score (nSPS) is 10.9. The summed E-state index contributed by atoms with van der Waals surface area (Å²) in [4.78, 5) is 22.2. The Morgan fingerprint density at radius 1 is 0.969 bits per heavy atom. The quantitative estimate of drug-likeness (QED) is 0.366. The summed E-state index contributed by atoms with van der Waals surface area (Å²) in [5, 5.41) is 6.31. The Labute approximate surface area is 183 Å². The number of rotatable bonds is 4. The highest BCUT2D eigenvalue weighted by Gasteiger charge is 2.30. The maximum absolute atomic E-state index is 14.7. The van der Waals surface area contributed by atoms with E-state index in [9.17, 15) is 9.18 Å². The minimum absolute atomic E-state index is 0.0657. The third-order valence-electron chi connectivity index (χ3n) is 5.17. The number of amides is 1. The molecule has 156 valence electrons. The first-order valence-corrected chi connectivity index (χ1v) is 9.94. The zero-order chi connectivity index (χ0) is 22.1. The minimum atomic E-state index is -0.556. The van der Waals surface area contributed by atoms with Crippen LogP contribution in [0.2, 0.25) is 0 Å². The molecular formula is C25H17FN4O2. The third kappa shape index (κ3) is 3.30. The summed E-state index contributed by atoms with van der Waals surface area (Å²) in [7, 11) is 0. The second-order valence-corrected chi connectivity index (χ2v) is 7.14. The van der Waals surface area contributed by atoms with Crippen LogP contribution in [0, 0.1) is 5.82 Å². The number of hydrogen-bond acceptors (Lipinski definition) is 5. The summed E-state index contributed by atoms with van der Waals surface area (Å²) in [5.41, 5.74) is 2.35. The summed E-state index contributed by atoms with van der Waals surface area (Å²) in [6.07, 6.45) is 2.99. The molecule has 7 heteroatoms. The zero-order valence-electron chi connectivity index (χ0n) is 17.1. The van der Waals surface area contributed by atoms with Crippen molar-refractivity contribution in [3.05, 3.63) is 91.1 Å². The molecule has 0 N–H and O–H groups in total. The Bertz CT molecular complexity index is 1430. The molecule has 32 heavy (non-hydrogen) atoms. The largest absolute Gasteiger partial charge is 0.336 e. The van der Waals surface area contributed by atoms with E-state index in [0.717, 1.165) is 16.3 Å². The molecule has 0 fully saturated rings. The van der Waals surface area contributed by atoms with Gasteiger partial charge in [-0.2, -0.15) is 0 Å². The van der Waals surface area contributed by atoms with Crippen molar-refractivity contribution in [2.75, 3.05) is 4.90 Å².